The fourth-order valence-electron chi connectivity index (χ4n) is 2.74. The summed E-state index contributed by atoms with van der Waals surface area (Å²) in [5.41, 5.74) is -1.62. The van der Waals surface area contributed by atoms with Crippen LogP contribution < -0.4 is 4.90 Å². The minimum absolute atomic E-state index is 0.0846. The van der Waals surface area contributed by atoms with E-state index in [1.165, 1.54) is 11.8 Å². The largest absolute Gasteiger partial charge is 0.478 e. The quantitative estimate of drug-likeness (QED) is 0.816. The number of halogens is 5. The molecule has 1 fully saturated rings. The zero-order chi connectivity index (χ0) is 17.4. The van der Waals surface area contributed by atoms with Crippen molar-refractivity contribution in [3.63, 3.8) is 0 Å². The van der Waals surface area contributed by atoms with Crippen LogP contribution in [-0.2, 0) is 6.18 Å². The molecular formula is C15H16F5NO2. The van der Waals surface area contributed by atoms with Gasteiger partial charge in [0.15, 0.2) is 0 Å². The first-order chi connectivity index (χ1) is 10.5. The van der Waals surface area contributed by atoms with Crippen molar-refractivity contribution < 1.29 is 31.9 Å². The lowest BCUT2D eigenvalue weighted by atomic mass is 10.0. The van der Waals surface area contributed by atoms with E-state index in [4.69, 9.17) is 0 Å². The van der Waals surface area contributed by atoms with Gasteiger partial charge in [0.25, 0.3) is 0 Å². The predicted molar refractivity (Wildman–Crippen MR) is 74.2 cm³/mol. The van der Waals surface area contributed by atoms with Gasteiger partial charge in [-0.3, -0.25) is 0 Å². The van der Waals surface area contributed by atoms with Crippen molar-refractivity contribution in [3.8, 4) is 0 Å². The fourth-order valence-corrected chi connectivity index (χ4v) is 2.74. The summed E-state index contributed by atoms with van der Waals surface area (Å²) in [6.07, 6.45) is -5.42. The fraction of sp³-hybridized carbons (Fsp3) is 0.533. The number of alkyl halides is 5. The van der Waals surface area contributed by atoms with Crippen molar-refractivity contribution in [2.75, 3.05) is 18.0 Å². The molecule has 0 aliphatic carbocycles. The lowest BCUT2D eigenvalue weighted by molar-refractivity contribution is -0.138. The molecule has 23 heavy (non-hydrogen) atoms. The molecule has 1 N–H and O–H groups in total. The second kappa shape index (κ2) is 5.98. The molecule has 0 bridgehead atoms. The number of aryl methyl sites for hydroxylation is 1. The van der Waals surface area contributed by atoms with Crippen LogP contribution in [0.2, 0.25) is 0 Å². The zero-order valence-corrected chi connectivity index (χ0v) is 12.4. The van der Waals surface area contributed by atoms with Crippen LogP contribution >= 0.6 is 0 Å². The van der Waals surface area contributed by atoms with Crippen molar-refractivity contribution >= 4 is 11.7 Å². The maximum atomic E-state index is 13.4. The van der Waals surface area contributed by atoms with Gasteiger partial charge in [0.05, 0.1) is 16.8 Å². The number of aromatic carboxylic acids is 1. The van der Waals surface area contributed by atoms with E-state index in [1.807, 2.05) is 0 Å². The highest BCUT2D eigenvalue weighted by Crippen LogP contribution is 2.38. The molecule has 128 valence electrons. The molecular weight excluding hydrogens is 321 g/mol. The van der Waals surface area contributed by atoms with Gasteiger partial charge in [0.2, 0.25) is 5.92 Å². The molecule has 0 atom stereocenters. The molecule has 1 heterocycles. The summed E-state index contributed by atoms with van der Waals surface area (Å²) >= 11 is 0. The van der Waals surface area contributed by atoms with Crippen molar-refractivity contribution in [2.45, 2.75) is 38.3 Å². The average Bonchev–Trinajstić information content (AvgIpc) is 2.58. The number of rotatable bonds is 2. The third-order valence-electron chi connectivity index (χ3n) is 3.94. The molecule has 0 unspecified atom stereocenters. The Kier molecular flexibility index (Phi) is 4.54. The number of anilines is 1. The molecule has 3 nitrogen and oxygen atoms in total. The molecule has 0 spiro atoms. The normalized spacial score (nSPS) is 18.6. The second-order valence-corrected chi connectivity index (χ2v) is 5.68. The molecule has 1 aromatic rings. The lowest BCUT2D eigenvalue weighted by Crippen LogP contribution is -2.28. The van der Waals surface area contributed by atoms with Gasteiger partial charge in [0.1, 0.15) is 0 Å². The summed E-state index contributed by atoms with van der Waals surface area (Å²) < 4.78 is 66.0. The van der Waals surface area contributed by atoms with E-state index in [2.05, 4.69) is 0 Å². The highest BCUT2D eigenvalue weighted by molar-refractivity contribution is 5.95. The first-order valence-electron chi connectivity index (χ1n) is 7.09. The first-order valence-corrected chi connectivity index (χ1v) is 7.09. The molecule has 2 rings (SSSR count). The zero-order valence-electron chi connectivity index (χ0n) is 12.4. The minimum Gasteiger partial charge on any atom is -0.478 e. The van der Waals surface area contributed by atoms with Crippen LogP contribution in [-0.4, -0.2) is 30.1 Å². The van der Waals surface area contributed by atoms with E-state index < -0.39 is 30.1 Å². The van der Waals surface area contributed by atoms with Gasteiger partial charge in [0, 0.05) is 25.9 Å². The van der Waals surface area contributed by atoms with Gasteiger partial charge in [-0.2, -0.15) is 13.2 Å². The third kappa shape index (κ3) is 3.92. The summed E-state index contributed by atoms with van der Waals surface area (Å²) in [5, 5.41) is 9.23. The summed E-state index contributed by atoms with van der Waals surface area (Å²) in [6.45, 7) is 1.08. The van der Waals surface area contributed by atoms with Crippen LogP contribution in [0.1, 0.15) is 40.7 Å². The minimum atomic E-state index is -4.63. The average molecular weight is 337 g/mol. The number of benzene rings is 1. The van der Waals surface area contributed by atoms with E-state index in [-0.39, 0.29) is 42.7 Å². The Labute approximate surface area is 129 Å². The molecule has 8 heteroatoms. The second-order valence-electron chi connectivity index (χ2n) is 5.68. The Balaban J connectivity index is 2.49. The SMILES string of the molecule is Cc1cc(C(=O)O)c(N2CCCC(F)(F)CC2)cc1C(F)(F)F. The van der Waals surface area contributed by atoms with Gasteiger partial charge in [-0.05, 0) is 31.0 Å². The van der Waals surface area contributed by atoms with Crippen LogP contribution in [0.4, 0.5) is 27.6 Å². The van der Waals surface area contributed by atoms with Crippen LogP contribution in [0.25, 0.3) is 0 Å². The first kappa shape index (κ1) is 17.5. The van der Waals surface area contributed by atoms with E-state index in [1.54, 1.807) is 0 Å². The monoisotopic (exact) mass is 337 g/mol. The number of hydrogen-bond donors (Lipinski definition) is 1. The van der Waals surface area contributed by atoms with E-state index in [0.29, 0.717) is 0 Å². The van der Waals surface area contributed by atoms with Crippen LogP contribution in [0.5, 0.6) is 0 Å². The summed E-state index contributed by atoms with van der Waals surface area (Å²) in [7, 11) is 0. The Morgan fingerprint density at radius 3 is 2.43 bits per heavy atom. The van der Waals surface area contributed by atoms with Crippen LogP contribution in [0.3, 0.4) is 0 Å². The predicted octanol–water partition coefficient (Wildman–Crippen LogP) is 4.34. The van der Waals surface area contributed by atoms with Crippen molar-refractivity contribution in [3.05, 3.63) is 28.8 Å². The van der Waals surface area contributed by atoms with E-state index in [9.17, 15) is 31.9 Å². The lowest BCUT2D eigenvalue weighted by Gasteiger charge is -2.26. The molecule has 0 amide bonds. The van der Waals surface area contributed by atoms with Crippen molar-refractivity contribution in [2.24, 2.45) is 0 Å². The molecule has 1 aliphatic heterocycles. The molecule has 0 radical (unpaired) electrons. The van der Waals surface area contributed by atoms with Gasteiger partial charge in [-0.25, -0.2) is 13.6 Å². The van der Waals surface area contributed by atoms with Gasteiger partial charge in [-0.1, -0.05) is 0 Å². The van der Waals surface area contributed by atoms with Crippen molar-refractivity contribution in [1.82, 2.24) is 0 Å². The smallest absolute Gasteiger partial charge is 0.416 e. The molecule has 1 saturated heterocycles. The van der Waals surface area contributed by atoms with E-state index >= 15 is 0 Å². The standard InChI is InChI=1S/C15H16F5NO2/c1-9-7-10(13(22)23)12(8-11(9)15(18,19)20)21-5-2-3-14(16,17)4-6-21/h7-8H,2-6H2,1H3,(H,22,23). The van der Waals surface area contributed by atoms with Gasteiger partial charge >= 0.3 is 12.1 Å². The number of nitrogens with zero attached hydrogens (tertiary/aromatic N) is 1. The van der Waals surface area contributed by atoms with Gasteiger partial charge in [-0.15, -0.1) is 0 Å². The highest BCUT2D eigenvalue weighted by atomic mass is 19.4. The Morgan fingerprint density at radius 2 is 1.87 bits per heavy atom. The van der Waals surface area contributed by atoms with Crippen molar-refractivity contribution in [1.29, 1.82) is 0 Å². The summed E-state index contributed by atoms with van der Waals surface area (Å²) in [5.74, 6) is -4.26. The Morgan fingerprint density at radius 1 is 1.22 bits per heavy atom. The number of carbonyl (C=O) groups is 1. The third-order valence-corrected chi connectivity index (χ3v) is 3.94. The number of hydrogen-bond acceptors (Lipinski definition) is 2. The number of carboxylic acid groups (broad SMARTS) is 1. The topological polar surface area (TPSA) is 40.5 Å². The molecule has 0 saturated carbocycles. The van der Waals surface area contributed by atoms with Crippen LogP contribution in [0, 0.1) is 6.92 Å². The maximum Gasteiger partial charge on any atom is 0.416 e. The number of carboxylic acids is 1. The summed E-state index contributed by atoms with van der Waals surface area (Å²) in [4.78, 5) is 12.6. The Hall–Kier alpha value is -1.86. The maximum absolute atomic E-state index is 13.4. The molecule has 1 aliphatic rings. The van der Waals surface area contributed by atoms with Crippen LogP contribution in [0.15, 0.2) is 12.1 Å². The molecule has 0 aromatic heterocycles. The molecule has 1 aromatic carbocycles. The summed E-state index contributed by atoms with van der Waals surface area (Å²) in [6, 6.07) is 1.70. The highest BCUT2D eigenvalue weighted by Gasteiger charge is 2.36. The van der Waals surface area contributed by atoms with Gasteiger partial charge < -0.3 is 10.0 Å². The Bertz CT molecular complexity index is 613. The van der Waals surface area contributed by atoms with E-state index in [0.717, 1.165) is 12.1 Å².